The van der Waals surface area contributed by atoms with Gasteiger partial charge in [-0.25, -0.2) is 9.97 Å². The average Bonchev–Trinajstić information content (AvgIpc) is 2.75. The zero-order valence-electron chi connectivity index (χ0n) is 8.21. The van der Waals surface area contributed by atoms with E-state index in [-0.39, 0.29) is 5.95 Å². The van der Waals surface area contributed by atoms with E-state index in [1.165, 1.54) is 12.5 Å². The molecule has 1 atom stereocenters. The van der Waals surface area contributed by atoms with E-state index in [1.54, 1.807) is 0 Å². The molecule has 0 aliphatic carbocycles. The molecule has 0 spiro atoms. The Bertz CT molecular complexity index is 510. The fraction of sp³-hybridized carbons (Fsp3) is 0.250. The maximum atomic E-state index is 11.3. The summed E-state index contributed by atoms with van der Waals surface area (Å²) in [4.78, 5) is 25.9. The van der Waals surface area contributed by atoms with Crippen LogP contribution in [0.5, 0.6) is 0 Å². The number of aromatic amines is 1. The lowest BCUT2D eigenvalue weighted by molar-refractivity contribution is -0.118. The largest absolute Gasteiger partial charge is 0.394 e. The third-order valence-electron chi connectivity index (χ3n) is 1.94. The van der Waals surface area contributed by atoms with Gasteiger partial charge >= 0.3 is 0 Å². The first-order valence-corrected chi connectivity index (χ1v) is 4.54. The molecule has 1 unspecified atom stereocenters. The Hall–Kier alpha value is -2.06. The maximum absolute atomic E-state index is 11.3. The number of imidazole rings is 1. The molecule has 2 rings (SSSR count). The highest BCUT2D eigenvalue weighted by Crippen LogP contribution is 2.06. The number of aliphatic hydroxyl groups excluding tert-OH is 1. The number of aliphatic hydroxyl groups is 1. The summed E-state index contributed by atoms with van der Waals surface area (Å²) in [5.41, 5.74) is 6.44. The SMILES string of the molecule is NC(CO)C(=O)Nc1ncc2nc[nH]c2n1. The highest BCUT2D eigenvalue weighted by atomic mass is 16.3. The van der Waals surface area contributed by atoms with Crippen LogP contribution in [0.4, 0.5) is 5.95 Å². The van der Waals surface area contributed by atoms with E-state index in [1.807, 2.05) is 0 Å². The zero-order valence-corrected chi connectivity index (χ0v) is 8.21. The molecule has 0 saturated carbocycles. The predicted octanol–water partition coefficient (Wildman–Crippen LogP) is -1.39. The van der Waals surface area contributed by atoms with Crippen LogP contribution in [0.15, 0.2) is 12.5 Å². The molecule has 5 N–H and O–H groups in total. The molecular weight excluding hydrogens is 212 g/mol. The van der Waals surface area contributed by atoms with E-state index in [0.717, 1.165) is 0 Å². The number of aromatic nitrogens is 4. The summed E-state index contributed by atoms with van der Waals surface area (Å²) >= 11 is 0. The number of H-pyrrole nitrogens is 1. The minimum atomic E-state index is -0.985. The van der Waals surface area contributed by atoms with Gasteiger partial charge in [0.25, 0.3) is 0 Å². The van der Waals surface area contributed by atoms with Crippen molar-refractivity contribution in [1.29, 1.82) is 0 Å². The molecule has 1 amide bonds. The lowest BCUT2D eigenvalue weighted by atomic mass is 10.3. The van der Waals surface area contributed by atoms with Gasteiger partial charge in [0.1, 0.15) is 11.6 Å². The van der Waals surface area contributed by atoms with Crippen LogP contribution in [0.1, 0.15) is 0 Å². The number of nitrogens with zero attached hydrogens (tertiary/aromatic N) is 3. The van der Waals surface area contributed by atoms with Crippen molar-refractivity contribution in [2.75, 3.05) is 11.9 Å². The number of carbonyl (C=O) groups excluding carboxylic acids is 1. The van der Waals surface area contributed by atoms with E-state index in [9.17, 15) is 4.79 Å². The number of fused-ring (bicyclic) bond motifs is 1. The molecule has 8 heteroatoms. The van der Waals surface area contributed by atoms with Crippen LogP contribution < -0.4 is 11.1 Å². The van der Waals surface area contributed by atoms with Crippen molar-refractivity contribution in [3.05, 3.63) is 12.5 Å². The summed E-state index contributed by atoms with van der Waals surface area (Å²) in [7, 11) is 0. The van der Waals surface area contributed by atoms with Crippen molar-refractivity contribution < 1.29 is 9.90 Å². The predicted molar refractivity (Wildman–Crippen MR) is 55.4 cm³/mol. The lowest BCUT2D eigenvalue weighted by Gasteiger charge is -2.07. The van der Waals surface area contributed by atoms with Crippen LogP contribution in [-0.2, 0) is 4.79 Å². The highest BCUT2D eigenvalue weighted by Gasteiger charge is 2.13. The van der Waals surface area contributed by atoms with Crippen molar-refractivity contribution in [2.45, 2.75) is 6.04 Å². The van der Waals surface area contributed by atoms with E-state index >= 15 is 0 Å². The molecule has 0 aliphatic heterocycles. The number of rotatable bonds is 3. The summed E-state index contributed by atoms with van der Waals surface area (Å²) in [5, 5.41) is 11.1. The van der Waals surface area contributed by atoms with Gasteiger partial charge in [0.05, 0.1) is 19.1 Å². The molecular formula is C8H10N6O2. The molecule has 0 aliphatic rings. The average molecular weight is 222 g/mol. The first-order valence-electron chi connectivity index (χ1n) is 4.54. The van der Waals surface area contributed by atoms with Crippen molar-refractivity contribution in [3.63, 3.8) is 0 Å². The number of nitrogens with one attached hydrogen (secondary N) is 2. The molecule has 2 aromatic heterocycles. The smallest absolute Gasteiger partial charge is 0.246 e. The van der Waals surface area contributed by atoms with Crippen molar-refractivity contribution >= 4 is 23.0 Å². The monoisotopic (exact) mass is 222 g/mol. The molecule has 0 fully saturated rings. The Morgan fingerprint density at radius 3 is 3.19 bits per heavy atom. The summed E-state index contributed by atoms with van der Waals surface area (Å²) in [6, 6.07) is -0.985. The van der Waals surface area contributed by atoms with Gasteiger partial charge in [0, 0.05) is 0 Å². The first-order chi connectivity index (χ1) is 7.70. The Kier molecular flexibility index (Phi) is 2.75. The van der Waals surface area contributed by atoms with Gasteiger partial charge in [-0.2, -0.15) is 4.98 Å². The Labute approximate surface area is 89.9 Å². The van der Waals surface area contributed by atoms with Crippen molar-refractivity contribution in [3.8, 4) is 0 Å². The van der Waals surface area contributed by atoms with Crippen LogP contribution >= 0.6 is 0 Å². The number of amides is 1. The number of hydrogen-bond donors (Lipinski definition) is 4. The summed E-state index contributed by atoms with van der Waals surface area (Å²) < 4.78 is 0. The lowest BCUT2D eigenvalue weighted by Crippen LogP contribution is -2.38. The van der Waals surface area contributed by atoms with Crippen LogP contribution in [-0.4, -0.2) is 43.6 Å². The second kappa shape index (κ2) is 4.21. The Morgan fingerprint density at radius 2 is 2.44 bits per heavy atom. The molecule has 0 bridgehead atoms. The summed E-state index contributed by atoms with van der Waals surface area (Å²) in [6.45, 7) is -0.432. The minimum absolute atomic E-state index is 0.116. The fourth-order valence-electron chi connectivity index (χ4n) is 1.09. The first kappa shape index (κ1) is 10.5. The third-order valence-corrected chi connectivity index (χ3v) is 1.94. The van der Waals surface area contributed by atoms with Crippen LogP contribution in [0.3, 0.4) is 0 Å². The third kappa shape index (κ3) is 1.97. The zero-order chi connectivity index (χ0) is 11.5. The Morgan fingerprint density at radius 1 is 1.62 bits per heavy atom. The molecule has 0 saturated heterocycles. The number of nitrogens with two attached hydrogens (primary N) is 1. The second-order valence-electron chi connectivity index (χ2n) is 3.11. The van der Waals surface area contributed by atoms with Gasteiger partial charge in [-0.3, -0.25) is 10.1 Å². The second-order valence-corrected chi connectivity index (χ2v) is 3.11. The quantitative estimate of drug-likeness (QED) is 0.506. The van der Waals surface area contributed by atoms with Crippen LogP contribution in [0.2, 0.25) is 0 Å². The minimum Gasteiger partial charge on any atom is -0.394 e. The normalized spacial score (nSPS) is 12.6. The van der Waals surface area contributed by atoms with Gasteiger partial charge in [-0.15, -0.1) is 0 Å². The molecule has 16 heavy (non-hydrogen) atoms. The highest BCUT2D eigenvalue weighted by molar-refractivity contribution is 5.93. The van der Waals surface area contributed by atoms with E-state index in [2.05, 4.69) is 25.3 Å². The summed E-state index contributed by atoms with van der Waals surface area (Å²) in [6.07, 6.45) is 2.95. The van der Waals surface area contributed by atoms with Gasteiger partial charge in [-0.05, 0) is 0 Å². The van der Waals surface area contributed by atoms with Gasteiger partial charge in [0.15, 0.2) is 5.65 Å². The molecule has 2 heterocycles. The molecule has 84 valence electrons. The van der Waals surface area contributed by atoms with E-state index in [4.69, 9.17) is 10.8 Å². The number of anilines is 1. The van der Waals surface area contributed by atoms with E-state index < -0.39 is 18.6 Å². The van der Waals surface area contributed by atoms with Crippen molar-refractivity contribution in [1.82, 2.24) is 19.9 Å². The topological polar surface area (TPSA) is 130 Å². The van der Waals surface area contributed by atoms with Crippen molar-refractivity contribution in [2.24, 2.45) is 5.73 Å². The standard InChI is InChI=1S/C8H10N6O2/c9-4(2-15)7(16)14-8-10-1-5-6(13-8)12-3-11-5/h1,3-4,15H,2,9H2,(H2,10,11,12,13,14,16). The maximum Gasteiger partial charge on any atom is 0.246 e. The fourth-order valence-corrected chi connectivity index (χ4v) is 1.09. The molecule has 0 radical (unpaired) electrons. The number of carbonyl (C=O) groups is 1. The van der Waals surface area contributed by atoms with Gasteiger partial charge in [0.2, 0.25) is 11.9 Å². The van der Waals surface area contributed by atoms with Crippen LogP contribution in [0, 0.1) is 0 Å². The molecule has 8 nitrogen and oxygen atoms in total. The van der Waals surface area contributed by atoms with Crippen LogP contribution in [0.25, 0.3) is 11.2 Å². The van der Waals surface area contributed by atoms with E-state index in [0.29, 0.717) is 11.2 Å². The molecule has 2 aromatic rings. The number of hydrogen-bond acceptors (Lipinski definition) is 6. The van der Waals surface area contributed by atoms with Gasteiger partial charge in [-0.1, -0.05) is 0 Å². The molecule has 0 aromatic carbocycles. The van der Waals surface area contributed by atoms with Gasteiger partial charge < -0.3 is 15.8 Å². The Balaban J connectivity index is 2.17. The summed E-state index contributed by atoms with van der Waals surface area (Å²) in [5.74, 6) is -0.424.